The van der Waals surface area contributed by atoms with E-state index in [0.717, 1.165) is 5.56 Å². The van der Waals surface area contributed by atoms with E-state index in [4.69, 9.17) is 4.74 Å². The van der Waals surface area contributed by atoms with Gasteiger partial charge in [-0.2, -0.15) is 4.37 Å². The van der Waals surface area contributed by atoms with Gasteiger partial charge in [0, 0.05) is 30.5 Å². The molecule has 0 aliphatic carbocycles. The van der Waals surface area contributed by atoms with Crippen molar-refractivity contribution >= 4 is 26.7 Å². The molecule has 3 aromatic rings. The molecule has 0 saturated carbocycles. The standard InChI is InChI=1S/C19H21FN4O3S2/c1-13(12-21-29(25,26)17-8-6-16(27-2)7-9-17)22-19-23-18(24-28-19)11-14-4-3-5-15(20)10-14/h3-10,13,21H,11-12H2,1-2H3,(H,22,23,24). The molecule has 2 N–H and O–H groups in total. The van der Waals surface area contributed by atoms with Crippen LogP contribution in [0.2, 0.25) is 0 Å². The first-order chi connectivity index (χ1) is 13.9. The maximum atomic E-state index is 13.3. The second-order valence-corrected chi connectivity index (χ2v) is 8.91. The van der Waals surface area contributed by atoms with Gasteiger partial charge in [0.1, 0.15) is 17.4 Å². The molecule has 0 amide bonds. The number of methoxy groups -OCH3 is 1. The van der Waals surface area contributed by atoms with Crippen molar-refractivity contribution in [1.29, 1.82) is 0 Å². The zero-order chi connectivity index (χ0) is 20.9. The Morgan fingerprint density at radius 3 is 2.66 bits per heavy atom. The van der Waals surface area contributed by atoms with Crippen molar-refractivity contribution in [3.8, 4) is 5.75 Å². The summed E-state index contributed by atoms with van der Waals surface area (Å²) >= 11 is 1.18. The quantitative estimate of drug-likeness (QED) is 0.536. The lowest BCUT2D eigenvalue weighted by atomic mass is 10.1. The number of benzene rings is 2. The van der Waals surface area contributed by atoms with E-state index < -0.39 is 10.0 Å². The minimum atomic E-state index is -3.63. The number of nitrogens with zero attached hydrogens (tertiary/aromatic N) is 2. The van der Waals surface area contributed by atoms with Gasteiger partial charge in [0.05, 0.1) is 12.0 Å². The van der Waals surface area contributed by atoms with Gasteiger partial charge < -0.3 is 10.1 Å². The molecule has 0 fully saturated rings. The number of rotatable bonds is 9. The molecule has 1 atom stereocenters. The lowest BCUT2D eigenvalue weighted by molar-refractivity contribution is 0.414. The molecule has 3 rings (SSSR count). The van der Waals surface area contributed by atoms with Crippen molar-refractivity contribution in [3.63, 3.8) is 0 Å². The molecule has 0 radical (unpaired) electrons. The molecule has 0 spiro atoms. The second kappa shape index (κ2) is 9.29. The van der Waals surface area contributed by atoms with E-state index in [9.17, 15) is 12.8 Å². The van der Waals surface area contributed by atoms with Gasteiger partial charge in [-0.3, -0.25) is 0 Å². The van der Waals surface area contributed by atoms with Crippen LogP contribution in [0, 0.1) is 5.82 Å². The predicted octanol–water partition coefficient (Wildman–Crippen LogP) is 3.06. The highest BCUT2D eigenvalue weighted by Gasteiger charge is 2.16. The van der Waals surface area contributed by atoms with Gasteiger partial charge in [-0.25, -0.2) is 22.5 Å². The first-order valence-electron chi connectivity index (χ1n) is 8.83. The Morgan fingerprint density at radius 2 is 1.97 bits per heavy atom. The van der Waals surface area contributed by atoms with Gasteiger partial charge in [0.2, 0.25) is 15.2 Å². The summed E-state index contributed by atoms with van der Waals surface area (Å²) in [7, 11) is -2.11. The van der Waals surface area contributed by atoms with E-state index in [1.165, 1.54) is 42.9 Å². The van der Waals surface area contributed by atoms with E-state index >= 15 is 0 Å². The molecule has 10 heteroatoms. The average molecular weight is 437 g/mol. The lowest BCUT2D eigenvalue weighted by Gasteiger charge is -2.14. The number of anilines is 1. The number of sulfonamides is 1. The molecule has 154 valence electrons. The molecule has 0 bridgehead atoms. The Balaban J connectivity index is 1.54. The van der Waals surface area contributed by atoms with Crippen molar-refractivity contribution in [2.75, 3.05) is 19.0 Å². The Bertz CT molecular complexity index is 1060. The Labute approximate surface area is 173 Å². The Morgan fingerprint density at radius 1 is 1.21 bits per heavy atom. The molecular formula is C19H21FN4O3S2. The van der Waals surface area contributed by atoms with Crippen molar-refractivity contribution in [2.24, 2.45) is 0 Å². The van der Waals surface area contributed by atoms with E-state index in [-0.39, 0.29) is 23.3 Å². The fourth-order valence-electron chi connectivity index (χ4n) is 2.55. The number of nitrogens with one attached hydrogen (secondary N) is 2. The maximum absolute atomic E-state index is 13.3. The topological polar surface area (TPSA) is 93.2 Å². The van der Waals surface area contributed by atoms with Crippen molar-refractivity contribution in [1.82, 2.24) is 14.1 Å². The van der Waals surface area contributed by atoms with Crippen molar-refractivity contribution in [2.45, 2.75) is 24.3 Å². The van der Waals surface area contributed by atoms with Crippen LogP contribution < -0.4 is 14.8 Å². The summed E-state index contributed by atoms with van der Waals surface area (Å²) in [6.45, 7) is 2.01. The molecule has 1 heterocycles. The first-order valence-corrected chi connectivity index (χ1v) is 11.1. The minimum Gasteiger partial charge on any atom is -0.497 e. The summed E-state index contributed by atoms with van der Waals surface area (Å²) < 4.78 is 49.9. The van der Waals surface area contributed by atoms with E-state index in [0.29, 0.717) is 23.1 Å². The molecular weight excluding hydrogens is 415 g/mol. The van der Waals surface area contributed by atoms with Crippen LogP contribution in [-0.4, -0.2) is 37.5 Å². The Hall–Kier alpha value is -2.56. The summed E-state index contributed by atoms with van der Waals surface area (Å²) in [5.41, 5.74) is 0.787. The Kier molecular flexibility index (Phi) is 6.78. The fraction of sp³-hybridized carbons (Fsp3) is 0.263. The van der Waals surface area contributed by atoms with Gasteiger partial charge >= 0.3 is 0 Å². The van der Waals surface area contributed by atoms with Gasteiger partial charge in [0.25, 0.3) is 0 Å². The van der Waals surface area contributed by atoms with Crippen LogP contribution in [0.5, 0.6) is 5.75 Å². The van der Waals surface area contributed by atoms with Gasteiger partial charge in [-0.15, -0.1) is 0 Å². The molecule has 0 aliphatic rings. The van der Waals surface area contributed by atoms with Gasteiger partial charge in [0.15, 0.2) is 0 Å². The average Bonchev–Trinajstić information content (AvgIpc) is 3.13. The zero-order valence-electron chi connectivity index (χ0n) is 15.9. The predicted molar refractivity (Wildman–Crippen MR) is 110 cm³/mol. The number of ether oxygens (including phenoxy) is 1. The fourth-order valence-corrected chi connectivity index (χ4v) is 4.38. The molecule has 2 aromatic carbocycles. The third-order valence-corrected chi connectivity index (χ3v) is 6.16. The molecule has 1 unspecified atom stereocenters. The summed E-state index contributed by atoms with van der Waals surface area (Å²) in [5, 5.41) is 3.70. The highest BCUT2D eigenvalue weighted by molar-refractivity contribution is 7.89. The minimum absolute atomic E-state index is 0.166. The van der Waals surface area contributed by atoms with Gasteiger partial charge in [-0.1, -0.05) is 12.1 Å². The summed E-state index contributed by atoms with van der Waals surface area (Å²) in [6, 6.07) is 12.3. The third-order valence-electron chi connectivity index (χ3n) is 4.04. The third kappa shape index (κ3) is 5.96. The molecule has 1 aromatic heterocycles. The number of hydrogen-bond donors (Lipinski definition) is 2. The number of halogens is 1. The lowest BCUT2D eigenvalue weighted by Crippen LogP contribution is -2.34. The van der Waals surface area contributed by atoms with Crippen LogP contribution in [0.3, 0.4) is 0 Å². The van der Waals surface area contributed by atoms with Crippen molar-refractivity contribution in [3.05, 3.63) is 65.7 Å². The highest BCUT2D eigenvalue weighted by Crippen LogP contribution is 2.17. The van der Waals surface area contributed by atoms with E-state index in [1.807, 2.05) is 13.0 Å². The van der Waals surface area contributed by atoms with Crippen LogP contribution in [0.15, 0.2) is 53.4 Å². The largest absolute Gasteiger partial charge is 0.497 e. The highest BCUT2D eigenvalue weighted by atomic mass is 32.2. The second-order valence-electron chi connectivity index (χ2n) is 6.40. The zero-order valence-corrected chi connectivity index (χ0v) is 17.6. The van der Waals surface area contributed by atoms with Crippen molar-refractivity contribution < 1.29 is 17.5 Å². The molecule has 29 heavy (non-hydrogen) atoms. The summed E-state index contributed by atoms with van der Waals surface area (Å²) in [4.78, 5) is 4.55. The molecule has 0 aliphatic heterocycles. The first kappa shape index (κ1) is 21.2. The van der Waals surface area contributed by atoms with Crippen LogP contribution >= 0.6 is 11.5 Å². The smallest absolute Gasteiger partial charge is 0.240 e. The summed E-state index contributed by atoms with van der Waals surface area (Å²) in [6.07, 6.45) is 0.425. The molecule has 0 saturated heterocycles. The number of aromatic nitrogens is 2. The van der Waals surface area contributed by atoms with E-state index in [2.05, 4.69) is 19.4 Å². The summed E-state index contributed by atoms with van der Waals surface area (Å²) in [5.74, 6) is 0.868. The molecule has 7 nitrogen and oxygen atoms in total. The van der Waals surface area contributed by atoms with Crippen LogP contribution in [0.4, 0.5) is 9.52 Å². The maximum Gasteiger partial charge on any atom is 0.240 e. The van der Waals surface area contributed by atoms with Gasteiger partial charge in [-0.05, 0) is 48.9 Å². The van der Waals surface area contributed by atoms with E-state index in [1.54, 1.807) is 18.2 Å². The van der Waals surface area contributed by atoms with Crippen LogP contribution in [0.25, 0.3) is 0 Å². The number of hydrogen-bond acceptors (Lipinski definition) is 7. The normalized spacial score (nSPS) is 12.5. The monoisotopic (exact) mass is 436 g/mol. The van der Waals surface area contributed by atoms with Crippen LogP contribution in [0.1, 0.15) is 18.3 Å². The van der Waals surface area contributed by atoms with Crippen LogP contribution in [-0.2, 0) is 16.4 Å². The SMILES string of the molecule is COc1ccc(S(=O)(=O)NCC(C)Nc2nc(Cc3cccc(F)c3)ns2)cc1.